The molecule has 0 radical (unpaired) electrons. The predicted octanol–water partition coefficient (Wildman–Crippen LogP) is 2.31. The standard InChI is InChI=1S/C14H11BrN4O2/c1-19-10(6-7-16-19)12-17-13(20)11(14(21)18-12)8-4-2-3-5-9(8)15/h2-7H,1H3,(H2,17,18,20,21). The first-order chi connectivity index (χ1) is 10.1. The lowest BCUT2D eigenvalue weighted by atomic mass is 10.1. The fraction of sp³-hybridized carbons (Fsp3) is 0.0714. The zero-order chi connectivity index (χ0) is 15.0. The number of aromatic nitrogens is 4. The number of hydrogen-bond acceptors (Lipinski definition) is 4. The Bertz CT molecular complexity index is 869. The minimum atomic E-state index is -0.411. The molecule has 7 heteroatoms. The maximum Gasteiger partial charge on any atom is 0.263 e. The van der Waals surface area contributed by atoms with Crippen LogP contribution in [0.3, 0.4) is 0 Å². The van der Waals surface area contributed by atoms with Crippen molar-refractivity contribution in [3.63, 3.8) is 0 Å². The Kier molecular flexibility index (Phi) is 3.34. The summed E-state index contributed by atoms with van der Waals surface area (Å²) in [6.07, 6.45) is 1.59. The number of aryl methyl sites for hydroxylation is 1. The summed E-state index contributed by atoms with van der Waals surface area (Å²) in [5.41, 5.74) is 0.917. The van der Waals surface area contributed by atoms with Gasteiger partial charge in [-0.05, 0) is 12.1 Å². The molecule has 2 N–H and O–H groups in total. The van der Waals surface area contributed by atoms with E-state index in [0.717, 1.165) is 0 Å². The van der Waals surface area contributed by atoms with Gasteiger partial charge in [-0.2, -0.15) is 10.1 Å². The summed E-state index contributed by atoms with van der Waals surface area (Å²) in [6, 6.07) is 8.85. The van der Waals surface area contributed by atoms with Crippen LogP contribution in [0, 0.1) is 0 Å². The van der Waals surface area contributed by atoms with Gasteiger partial charge in [0.05, 0.1) is 0 Å². The molecular formula is C14H11BrN4O2. The Morgan fingerprint density at radius 3 is 2.67 bits per heavy atom. The molecule has 6 nitrogen and oxygen atoms in total. The fourth-order valence-corrected chi connectivity index (χ4v) is 2.58. The highest BCUT2D eigenvalue weighted by atomic mass is 79.9. The molecule has 21 heavy (non-hydrogen) atoms. The minimum Gasteiger partial charge on any atom is -0.493 e. The van der Waals surface area contributed by atoms with Gasteiger partial charge in [0.1, 0.15) is 11.3 Å². The number of hydrogen-bond donors (Lipinski definition) is 2. The molecule has 0 unspecified atom stereocenters. The Hall–Kier alpha value is -2.41. The second-order valence-electron chi connectivity index (χ2n) is 4.43. The quantitative estimate of drug-likeness (QED) is 0.745. The molecule has 1 aromatic carbocycles. The molecule has 106 valence electrons. The molecule has 0 aliphatic heterocycles. The first-order valence-corrected chi connectivity index (χ1v) is 6.94. The summed E-state index contributed by atoms with van der Waals surface area (Å²) in [5, 5.41) is 14.2. The second kappa shape index (κ2) is 5.17. The van der Waals surface area contributed by atoms with Crippen molar-refractivity contribution in [2.24, 2.45) is 7.05 Å². The van der Waals surface area contributed by atoms with Crippen molar-refractivity contribution >= 4 is 15.9 Å². The molecule has 0 aliphatic rings. The summed E-state index contributed by atoms with van der Waals surface area (Å²) in [6.45, 7) is 0. The van der Waals surface area contributed by atoms with Crippen molar-refractivity contribution in [2.45, 2.75) is 0 Å². The van der Waals surface area contributed by atoms with Crippen molar-refractivity contribution in [2.75, 3.05) is 0 Å². The second-order valence-corrected chi connectivity index (χ2v) is 5.29. The maximum absolute atomic E-state index is 12.3. The Balaban J connectivity index is 2.21. The van der Waals surface area contributed by atoms with Gasteiger partial charge in [0, 0.05) is 23.3 Å². The van der Waals surface area contributed by atoms with E-state index in [2.05, 4.69) is 31.0 Å². The van der Waals surface area contributed by atoms with E-state index < -0.39 is 5.56 Å². The molecule has 2 aromatic heterocycles. The van der Waals surface area contributed by atoms with E-state index in [-0.39, 0.29) is 17.3 Å². The third-order valence-electron chi connectivity index (χ3n) is 3.11. The van der Waals surface area contributed by atoms with Gasteiger partial charge in [0.15, 0.2) is 5.82 Å². The van der Waals surface area contributed by atoms with Crippen molar-refractivity contribution < 1.29 is 5.11 Å². The molecule has 0 bridgehead atoms. The summed E-state index contributed by atoms with van der Waals surface area (Å²) in [7, 11) is 1.73. The average molecular weight is 347 g/mol. The first-order valence-electron chi connectivity index (χ1n) is 6.14. The average Bonchev–Trinajstić information content (AvgIpc) is 2.86. The van der Waals surface area contributed by atoms with Crippen LogP contribution in [0.1, 0.15) is 0 Å². The smallest absolute Gasteiger partial charge is 0.263 e. The van der Waals surface area contributed by atoms with Crippen LogP contribution < -0.4 is 5.56 Å². The lowest BCUT2D eigenvalue weighted by molar-refractivity contribution is 0.454. The molecular weight excluding hydrogens is 336 g/mol. The molecule has 0 fully saturated rings. The van der Waals surface area contributed by atoms with Crippen LogP contribution in [0.5, 0.6) is 5.88 Å². The van der Waals surface area contributed by atoms with Gasteiger partial charge in [-0.1, -0.05) is 34.1 Å². The molecule has 0 atom stereocenters. The largest absolute Gasteiger partial charge is 0.493 e. The fourth-order valence-electron chi connectivity index (χ4n) is 2.10. The molecule has 3 aromatic rings. The molecule has 3 rings (SSSR count). The highest BCUT2D eigenvalue weighted by Gasteiger charge is 2.16. The van der Waals surface area contributed by atoms with E-state index >= 15 is 0 Å². The highest BCUT2D eigenvalue weighted by Crippen LogP contribution is 2.31. The highest BCUT2D eigenvalue weighted by molar-refractivity contribution is 9.10. The van der Waals surface area contributed by atoms with Crippen LogP contribution in [0.4, 0.5) is 0 Å². The maximum atomic E-state index is 12.3. The van der Waals surface area contributed by atoms with Gasteiger partial charge in [0.2, 0.25) is 5.88 Å². The first kappa shape index (κ1) is 13.6. The van der Waals surface area contributed by atoms with E-state index in [9.17, 15) is 9.90 Å². The minimum absolute atomic E-state index is 0.133. The van der Waals surface area contributed by atoms with E-state index in [1.165, 1.54) is 0 Å². The molecule has 0 saturated carbocycles. The third kappa shape index (κ3) is 2.36. The SMILES string of the molecule is Cn1nccc1-c1nc(O)c(-c2ccccc2Br)c(=O)[nH]1. The monoisotopic (exact) mass is 346 g/mol. The number of rotatable bonds is 2. The number of H-pyrrole nitrogens is 1. The lowest BCUT2D eigenvalue weighted by Gasteiger charge is -2.07. The Morgan fingerprint density at radius 1 is 1.29 bits per heavy atom. The van der Waals surface area contributed by atoms with Crippen LogP contribution in [0.25, 0.3) is 22.6 Å². The van der Waals surface area contributed by atoms with Crippen molar-refractivity contribution in [1.82, 2.24) is 19.7 Å². The van der Waals surface area contributed by atoms with Gasteiger partial charge >= 0.3 is 0 Å². The van der Waals surface area contributed by atoms with Gasteiger partial charge in [0.25, 0.3) is 5.56 Å². The van der Waals surface area contributed by atoms with E-state index in [1.54, 1.807) is 42.2 Å². The zero-order valence-electron chi connectivity index (χ0n) is 11.0. The third-order valence-corrected chi connectivity index (χ3v) is 3.80. The van der Waals surface area contributed by atoms with Gasteiger partial charge in [-0.3, -0.25) is 9.48 Å². The van der Waals surface area contributed by atoms with Gasteiger partial charge in [-0.15, -0.1) is 0 Å². The van der Waals surface area contributed by atoms with Crippen LogP contribution in [-0.2, 0) is 7.05 Å². The number of halogens is 1. The number of aromatic hydroxyl groups is 1. The summed E-state index contributed by atoms with van der Waals surface area (Å²) in [5.74, 6) is -0.0462. The van der Waals surface area contributed by atoms with Gasteiger partial charge in [-0.25, -0.2) is 0 Å². The Morgan fingerprint density at radius 2 is 2.05 bits per heavy atom. The number of aromatic amines is 1. The van der Waals surface area contributed by atoms with Crippen LogP contribution in [0.2, 0.25) is 0 Å². The number of nitrogens with one attached hydrogen (secondary N) is 1. The van der Waals surface area contributed by atoms with Crippen LogP contribution >= 0.6 is 15.9 Å². The van der Waals surface area contributed by atoms with E-state index in [0.29, 0.717) is 15.7 Å². The molecule has 2 heterocycles. The van der Waals surface area contributed by atoms with E-state index in [1.807, 2.05) is 6.07 Å². The molecule has 0 amide bonds. The van der Waals surface area contributed by atoms with E-state index in [4.69, 9.17) is 0 Å². The van der Waals surface area contributed by atoms with Crippen LogP contribution in [-0.4, -0.2) is 24.9 Å². The summed E-state index contributed by atoms with van der Waals surface area (Å²) >= 11 is 3.36. The molecule has 0 saturated heterocycles. The number of nitrogens with zero attached hydrogens (tertiary/aromatic N) is 3. The van der Waals surface area contributed by atoms with Crippen LogP contribution in [0.15, 0.2) is 45.8 Å². The normalized spacial score (nSPS) is 10.8. The lowest BCUT2D eigenvalue weighted by Crippen LogP contribution is -2.13. The predicted molar refractivity (Wildman–Crippen MR) is 81.9 cm³/mol. The van der Waals surface area contributed by atoms with Crippen molar-refractivity contribution in [3.8, 4) is 28.5 Å². The summed E-state index contributed by atoms with van der Waals surface area (Å²) < 4.78 is 2.27. The number of benzene rings is 1. The Labute approximate surface area is 128 Å². The molecule has 0 aliphatic carbocycles. The van der Waals surface area contributed by atoms with Crippen molar-refractivity contribution in [1.29, 1.82) is 0 Å². The topological polar surface area (TPSA) is 83.8 Å². The zero-order valence-corrected chi connectivity index (χ0v) is 12.6. The summed E-state index contributed by atoms with van der Waals surface area (Å²) in [4.78, 5) is 19.1. The van der Waals surface area contributed by atoms with Crippen molar-refractivity contribution in [3.05, 3.63) is 51.4 Å². The van der Waals surface area contributed by atoms with Gasteiger partial charge < -0.3 is 10.1 Å². The molecule has 0 spiro atoms.